The number of aryl methyl sites for hydroxylation is 1. The Labute approximate surface area is 201 Å². The summed E-state index contributed by atoms with van der Waals surface area (Å²) in [5, 5.41) is 4.00. The first-order valence-electron chi connectivity index (χ1n) is 10.9. The maximum atomic E-state index is 12.4. The molecule has 34 heavy (non-hydrogen) atoms. The monoisotopic (exact) mass is 479 g/mol. The fraction of sp³-hybridized carbons (Fsp3) is 0.231. The Morgan fingerprint density at radius 1 is 1.00 bits per heavy atom. The van der Waals surface area contributed by atoms with Crippen molar-refractivity contribution in [2.24, 2.45) is 5.10 Å². The molecule has 0 spiro atoms. The standard InChI is InChI=1S/C26H29N3O4S/c1-19(2)33-25-15-9-21(10-16-25)17-27-28-26(30)23-11-13-24(14-12-23)29(34(4,31)32)18-22-7-5-20(3)6-8-22/h5-17,19H,18H2,1-4H3,(H,28,30)/b27-17-. The normalized spacial score (nSPS) is 11.6. The zero-order valence-electron chi connectivity index (χ0n) is 19.7. The highest BCUT2D eigenvalue weighted by molar-refractivity contribution is 7.92. The van der Waals surface area contributed by atoms with Crippen LogP contribution in [0, 0.1) is 6.92 Å². The quantitative estimate of drug-likeness (QED) is 0.361. The molecule has 1 N–H and O–H groups in total. The SMILES string of the molecule is Cc1ccc(CN(c2ccc(C(=O)N/N=C\c3ccc(OC(C)C)cc3)cc2)S(C)(=O)=O)cc1. The van der Waals surface area contributed by atoms with Crippen LogP contribution in [0.25, 0.3) is 0 Å². The van der Waals surface area contributed by atoms with Crippen LogP contribution in [0.3, 0.4) is 0 Å². The van der Waals surface area contributed by atoms with Gasteiger partial charge in [0.1, 0.15) is 5.75 Å². The minimum atomic E-state index is -3.51. The predicted molar refractivity (Wildman–Crippen MR) is 136 cm³/mol. The smallest absolute Gasteiger partial charge is 0.271 e. The number of ether oxygens (including phenoxy) is 1. The van der Waals surface area contributed by atoms with Crippen molar-refractivity contribution in [3.63, 3.8) is 0 Å². The molecule has 0 bridgehead atoms. The molecule has 0 saturated carbocycles. The molecule has 0 heterocycles. The second-order valence-electron chi connectivity index (χ2n) is 8.24. The van der Waals surface area contributed by atoms with E-state index in [1.807, 2.05) is 69.3 Å². The minimum absolute atomic E-state index is 0.0947. The van der Waals surface area contributed by atoms with Crippen LogP contribution in [0.2, 0.25) is 0 Å². The van der Waals surface area contributed by atoms with Gasteiger partial charge in [0.15, 0.2) is 0 Å². The van der Waals surface area contributed by atoms with Crippen molar-refractivity contribution in [2.75, 3.05) is 10.6 Å². The van der Waals surface area contributed by atoms with Crippen LogP contribution in [-0.4, -0.2) is 32.9 Å². The van der Waals surface area contributed by atoms with Crippen LogP contribution in [-0.2, 0) is 16.6 Å². The average molecular weight is 480 g/mol. The minimum Gasteiger partial charge on any atom is -0.491 e. The fourth-order valence-corrected chi connectivity index (χ4v) is 4.06. The Morgan fingerprint density at radius 2 is 1.62 bits per heavy atom. The number of hydrogen-bond donors (Lipinski definition) is 1. The molecule has 178 valence electrons. The zero-order chi connectivity index (χ0) is 24.7. The summed E-state index contributed by atoms with van der Waals surface area (Å²) in [7, 11) is -3.51. The molecule has 0 aliphatic rings. The second kappa shape index (κ2) is 11.0. The lowest BCUT2D eigenvalue weighted by atomic mass is 10.1. The van der Waals surface area contributed by atoms with Crippen molar-refractivity contribution in [2.45, 2.75) is 33.4 Å². The first kappa shape index (κ1) is 25.0. The summed E-state index contributed by atoms with van der Waals surface area (Å²) >= 11 is 0. The molecular weight excluding hydrogens is 450 g/mol. The maximum Gasteiger partial charge on any atom is 0.271 e. The Kier molecular flexibility index (Phi) is 8.07. The van der Waals surface area contributed by atoms with Crippen molar-refractivity contribution in [1.82, 2.24) is 5.43 Å². The van der Waals surface area contributed by atoms with E-state index in [9.17, 15) is 13.2 Å². The van der Waals surface area contributed by atoms with Crippen molar-refractivity contribution >= 4 is 27.8 Å². The van der Waals surface area contributed by atoms with Crippen LogP contribution in [0.5, 0.6) is 5.75 Å². The number of nitrogens with one attached hydrogen (secondary N) is 1. The van der Waals surface area contributed by atoms with Gasteiger partial charge in [0.05, 0.1) is 30.8 Å². The number of nitrogens with zero attached hydrogens (tertiary/aromatic N) is 2. The van der Waals surface area contributed by atoms with Gasteiger partial charge in [-0.3, -0.25) is 9.10 Å². The van der Waals surface area contributed by atoms with Crippen LogP contribution in [0.4, 0.5) is 5.69 Å². The molecule has 0 saturated heterocycles. The van der Waals surface area contributed by atoms with Crippen molar-refractivity contribution in [3.8, 4) is 5.75 Å². The molecule has 0 aliphatic carbocycles. The summed E-state index contributed by atoms with van der Waals surface area (Å²) in [5.41, 5.74) is 6.12. The van der Waals surface area contributed by atoms with Crippen molar-refractivity contribution < 1.29 is 17.9 Å². The Bertz CT molecular complexity index is 1230. The van der Waals surface area contributed by atoms with Gasteiger partial charge in [-0.2, -0.15) is 5.10 Å². The maximum absolute atomic E-state index is 12.4. The van der Waals surface area contributed by atoms with E-state index in [0.717, 1.165) is 28.7 Å². The van der Waals surface area contributed by atoms with Gasteiger partial charge in [-0.05, 0) is 80.4 Å². The lowest BCUT2D eigenvalue weighted by molar-refractivity contribution is 0.0955. The topological polar surface area (TPSA) is 88.1 Å². The molecule has 3 aromatic rings. The number of anilines is 1. The summed E-state index contributed by atoms with van der Waals surface area (Å²) in [5.74, 6) is 0.369. The van der Waals surface area contributed by atoms with Gasteiger partial charge in [-0.15, -0.1) is 0 Å². The number of hydrogen-bond acceptors (Lipinski definition) is 5. The number of benzene rings is 3. The fourth-order valence-electron chi connectivity index (χ4n) is 3.17. The van der Waals surface area contributed by atoms with E-state index >= 15 is 0 Å². The number of carbonyl (C=O) groups excluding carboxylic acids is 1. The molecule has 8 heteroatoms. The Hall–Kier alpha value is -3.65. The number of hydrazone groups is 1. The molecule has 0 radical (unpaired) electrons. The lowest BCUT2D eigenvalue weighted by Crippen LogP contribution is -2.29. The number of carbonyl (C=O) groups is 1. The van der Waals surface area contributed by atoms with Gasteiger partial charge in [0, 0.05) is 5.56 Å². The molecule has 3 aromatic carbocycles. The van der Waals surface area contributed by atoms with E-state index < -0.39 is 15.9 Å². The highest BCUT2D eigenvalue weighted by Gasteiger charge is 2.18. The van der Waals surface area contributed by atoms with E-state index in [2.05, 4.69) is 10.5 Å². The highest BCUT2D eigenvalue weighted by Crippen LogP contribution is 2.21. The zero-order valence-corrected chi connectivity index (χ0v) is 20.5. The first-order chi connectivity index (χ1) is 16.1. The summed E-state index contributed by atoms with van der Waals surface area (Å²) in [4.78, 5) is 12.4. The third-order valence-corrected chi connectivity index (χ3v) is 6.04. The van der Waals surface area contributed by atoms with Gasteiger partial charge in [-0.25, -0.2) is 13.8 Å². The molecule has 0 aromatic heterocycles. The van der Waals surface area contributed by atoms with E-state index in [1.165, 1.54) is 4.31 Å². The largest absolute Gasteiger partial charge is 0.491 e. The van der Waals surface area contributed by atoms with Crippen molar-refractivity contribution in [3.05, 3.63) is 95.1 Å². The summed E-state index contributed by atoms with van der Waals surface area (Å²) in [6.07, 6.45) is 2.80. The summed E-state index contributed by atoms with van der Waals surface area (Å²) in [6.45, 7) is 6.10. The Balaban J connectivity index is 1.65. The number of rotatable bonds is 9. The third kappa shape index (κ3) is 7.18. The Morgan fingerprint density at radius 3 is 2.18 bits per heavy atom. The van der Waals surface area contributed by atoms with Crippen LogP contribution in [0.15, 0.2) is 77.9 Å². The molecule has 0 aliphatic heterocycles. The van der Waals surface area contributed by atoms with Gasteiger partial charge in [0.2, 0.25) is 10.0 Å². The van der Waals surface area contributed by atoms with E-state index in [0.29, 0.717) is 11.3 Å². The highest BCUT2D eigenvalue weighted by atomic mass is 32.2. The molecule has 1 amide bonds. The molecule has 0 unspecified atom stereocenters. The number of amides is 1. The lowest BCUT2D eigenvalue weighted by Gasteiger charge is -2.22. The van der Waals surface area contributed by atoms with Crippen LogP contribution < -0.4 is 14.5 Å². The third-order valence-electron chi connectivity index (χ3n) is 4.90. The first-order valence-corrected chi connectivity index (χ1v) is 12.7. The van der Waals surface area contributed by atoms with Gasteiger partial charge in [-0.1, -0.05) is 29.8 Å². The van der Waals surface area contributed by atoms with Gasteiger partial charge in [0.25, 0.3) is 5.91 Å². The molecule has 0 atom stereocenters. The van der Waals surface area contributed by atoms with E-state index in [1.54, 1.807) is 30.5 Å². The molecule has 7 nitrogen and oxygen atoms in total. The van der Waals surface area contributed by atoms with Gasteiger partial charge < -0.3 is 4.74 Å². The molecular formula is C26H29N3O4S. The summed E-state index contributed by atoms with van der Waals surface area (Å²) < 4.78 is 31.7. The van der Waals surface area contributed by atoms with Crippen LogP contribution in [0.1, 0.15) is 40.9 Å². The molecule has 0 fully saturated rings. The van der Waals surface area contributed by atoms with E-state index in [4.69, 9.17) is 4.74 Å². The second-order valence-corrected chi connectivity index (χ2v) is 10.1. The summed E-state index contributed by atoms with van der Waals surface area (Å²) in [6, 6.07) is 21.4. The van der Waals surface area contributed by atoms with Crippen molar-refractivity contribution in [1.29, 1.82) is 0 Å². The predicted octanol–water partition coefficient (Wildman–Crippen LogP) is 4.51. The molecule has 3 rings (SSSR count). The number of sulfonamides is 1. The van der Waals surface area contributed by atoms with Gasteiger partial charge >= 0.3 is 0 Å². The van der Waals surface area contributed by atoms with Crippen LogP contribution >= 0.6 is 0 Å². The average Bonchev–Trinajstić information content (AvgIpc) is 2.79. The van der Waals surface area contributed by atoms with E-state index in [-0.39, 0.29) is 12.6 Å².